The Kier molecular flexibility index (Phi) is 6.42. The van der Waals surface area contributed by atoms with E-state index in [2.05, 4.69) is 27.7 Å². The summed E-state index contributed by atoms with van der Waals surface area (Å²) in [5.74, 6) is -1.01. The molecule has 1 aliphatic carbocycles. The topological polar surface area (TPSA) is 70.7 Å². The fourth-order valence-electron chi connectivity index (χ4n) is 3.00. The van der Waals surface area contributed by atoms with Crippen LogP contribution < -0.4 is 10.6 Å². The normalized spacial score (nSPS) is 20.9. The second kappa shape index (κ2) is 8.97. The molecule has 6 heteroatoms. The van der Waals surface area contributed by atoms with Crippen molar-refractivity contribution in [1.82, 2.24) is 15.5 Å². The molecule has 2 aliphatic rings. The minimum atomic E-state index is -0.512. The average molecular weight is 345 g/mol. The van der Waals surface area contributed by atoms with Crippen LogP contribution in [0.25, 0.3) is 0 Å². The molecule has 1 heterocycles. The highest BCUT2D eigenvalue weighted by Gasteiger charge is 2.26. The molecule has 0 radical (unpaired) electrons. The average Bonchev–Trinajstić information content (AvgIpc) is 3.46. The van der Waals surface area contributed by atoms with Crippen LogP contribution in [-0.4, -0.2) is 55.5 Å². The molecule has 1 saturated heterocycles. The molecule has 1 atom stereocenters. The number of rotatable bonds is 7. The molecule has 1 aliphatic heterocycles. The molecule has 2 amide bonds. The van der Waals surface area contributed by atoms with E-state index < -0.39 is 11.8 Å². The lowest BCUT2D eigenvalue weighted by Crippen LogP contribution is -2.41. The molecule has 1 aromatic rings. The van der Waals surface area contributed by atoms with E-state index in [1.54, 1.807) is 0 Å². The maximum atomic E-state index is 11.6. The molecule has 1 saturated carbocycles. The van der Waals surface area contributed by atoms with Gasteiger partial charge in [-0.1, -0.05) is 30.3 Å². The van der Waals surface area contributed by atoms with E-state index in [1.165, 1.54) is 5.56 Å². The van der Waals surface area contributed by atoms with Crippen LogP contribution in [0.1, 0.15) is 37.4 Å². The van der Waals surface area contributed by atoms with Crippen molar-refractivity contribution in [1.29, 1.82) is 0 Å². The quantitative estimate of drug-likeness (QED) is 0.576. The van der Waals surface area contributed by atoms with E-state index in [4.69, 9.17) is 4.74 Å². The Morgan fingerprint density at radius 3 is 2.68 bits per heavy atom. The molecule has 3 rings (SSSR count). The summed E-state index contributed by atoms with van der Waals surface area (Å²) >= 11 is 0. The standard InChI is InChI=1S/C19H27N3O3/c23-18(19(24)21-16-8-9-16)20-10-4-5-11-22-12-13-25-17(14-22)15-6-2-1-3-7-15/h1-3,6-7,16-17H,4-5,8-14H2,(H,20,23)(H,21,24). The first-order valence-electron chi connectivity index (χ1n) is 9.20. The van der Waals surface area contributed by atoms with Crippen LogP contribution in [0.5, 0.6) is 0 Å². The van der Waals surface area contributed by atoms with Crippen molar-refractivity contribution in [2.45, 2.75) is 37.8 Å². The van der Waals surface area contributed by atoms with Gasteiger partial charge in [-0.2, -0.15) is 0 Å². The maximum Gasteiger partial charge on any atom is 0.309 e. The van der Waals surface area contributed by atoms with E-state index in [0.717, 1.165) is 51.9 Å². The number of hydrogen-bond acceptors (Lipinski definition) is 4. The lowest BCUT2D eigenvalue weighted by molar-refractivity contribution is -0.139. The number of hydrogen-bond donors (Lipinski definition) is 2. The highest BCUT2D eigenvalue weighted by molar-refractivity contribution is 6.35. The summed E-state index contributed by atoms with van der Waals surface area (Å²) in [4.78, 5) is 25.6. The lowest BCUT2D eigenvalue weighted by atomic mass is 10.1. The Morgan fingerprint density at radius 1 is 1.12 bits per heavy atom. The predicted molar refractivity (Wildman–Crippen MR) is 95.0 cm³/mol. The van der Waals surface area contributed by atoms with E-state index in [0.29, 0.717) is 6.54 Å². The van der Waals surface area contributed by atoms with Gasteiger partial charge >= 0.3 is 11.8 Å². The summed E-state index contributed by atoms with van der Waals surface area (Å²) < 4.78 is 5.87. The van der Waals surface area contributed by atoms with Gasteiger partial charge in [-0.25, -0.2) is 0 Å². The zero-order chi connectivity index (χ0) is 17.5. The fraction of sp³-hybridized carbons (Fsp3) is 0.579. The number of nitrogens with one attached hydrogen (secondary N) is 2. The number of carbonyl (C=O) groups excluding carboxylic acids is 2. The molecule has 25 heavy (non-hydrogen) atoms. The first kappa shape index (κ1) is 17.9. The number of morpholine rings is 1. The summed E-state index contributed by atoms with van der Waals surface area (Å²) in [5, 5.41) is 5.39. The van der Waals surface area contributed by atoms with E-state index in [-0.39, 0.29) is 12.1 Å². The minimum absolute atomic E-state index is 0.140. The predicted octanol–water partition coefficient (Wildman–Crippen LogP) is 1.23. The smallest absolute Gasteiger partial charge is 0.309 e. The minimum Gasteiger partial charge on any atom is -0.371 e. The van der Waals surface area contributed by atoms with Crippen LogP contribution >= 0.6 is 0 Å². The Labute approximate surface area is 148 Å². The number of amides is 2. The Bertz CT molecular complexity index is 575. The van der Waals surface area contributed by atoms with Gasteiger partial charge in [0, 0.05) is 25.7 Å². The summed E-state index contributed by atoms with van der Waals surface area (Å²) in [7, 11) is 0. The van der Waals surface area contributed by atoms with Gasteiger partial charge in [0.1, 0.15) is 0 Å². The molecule has 6 nitrogen and oxygen atoms in total. The van der Waals surface area contributed by atoms with Crippen molar-refractivity contribution in [3.63, 3.8) is 0 Å². The Balaban J connectivity index is 1.29. The molecule has 1 unspecified atom stereocenters. The highest BCUT2D eigenvalue weighted by atomic mass is 16.5. The lowest BCUT2D eigenvalue weighted by Gasteiger charge is -2.33. The van der Waals surface area contributed by atoms with Gasteiger partial charge < -0.3 is 15.4 Å². The maximum absolute atomic E-state index is 11.6. The van der Waals surface area contributed by atoms with E-state index in [9.17, 15) is 9.59 Å². The summed E-state index contributed by atoms with van der Waals surface area (Å²) in [6.07, 6.45) is 3.98. The molecule has 2 fully saturated rings. The van der Waals surface area contributed by atoms with Crippen LogP contribution in [0.3, 0.4) is 0 Å². The number of nitrogens with zero attached hydrogens (tertiary/aromatic N) is 1. The molecular formula is C19H27N3O3. The Morgan fingerprint density at radius 2 is 1.92 bits per heavy atom. The third-order valence-corrected chi connectivity index (χ3v) is 4.63. The SMILES string of the molecule is O=C(NCCCCN1CCOC(c2ccccc2)C1)C(=O)NC1CC1. The summed E-state index contributed by atoms with van der Waals surface area (Å²) in [6, 6.07) is 10.5. The summed E-state index contributed by atoms with van der Waals surface area (Å²) in [5.41, 5.74) is 1.22. The number of carbonyl (C=O) groups is 2. The van der Waals surface area contributed by atoms with Gasteiger partial charge in [0.2, 0.25) is 0 Å². The van der Waals surface area contributed by atoms with Gasteiger partial charge in [0.05, 0.1) is 12.7 Å². The molecule has 0 bridgehead atoms. The third-order valence-electron chi connectivity index (χ3n) is 4.63. The van der Waals surface area contributed by atoms with Crippen LogP contribution in [0.15, 0.2) is 30.3 Å². The summed E-state index contributed by atoms with van der Waals surface area (Å²) in [6.45, 7) is 4.12. The highest BCUT2D eigenvalue weighted by Crippen LogP contribution is 2.22. The van der Waals surface area contributed by atoms with E-state index in [1.807, 2.05) is 18.2 Å². The van der Waals surface area contributed by atoms with Gasteiger partial charge in [-0.05, 0) is 37.8 Å². The van der Waals surface area contributed by atoms with E-state index >= 15 is 0 Å². The van der Waals surface area contributed by atoms with Gasteiger partial charge in [-0.3, -0.25) is 14.5 Å². The van der Waals surface area contributed by atoms with Crippen molar-refractivity contribution in [3.8, 4) is 0 Å². The molecular weight excluding hydrogens is 318 g/mol. The third kappa shape index (κ3) is 5.83. The second-order valence-electron chi connectivity index (χ2n) is 6.78. The second-order valence-corrected chi connectivity index (χ2v) is 6.78. The first-order valence-corrected chi connectivity index (χ1v) is 9.20. The fourth-order valence-corrected chi connectivity index (χ4v) is 3.00. The van der Waals surface area contributed by atoms with Crippen LogP contribution in [0, 0.1) is 0 Å². The largest absolute Gasteiger partial charge is 0.371 e. The van der Waals surface area contributed by atoms with Crippen LogP contribution in [-0.2, 0) is 14.3 Å². The molecule has 1 aromatic carbocycles. The molecule has 0 aromatic heterocycles. The number of ether oxygens (including phenoxy) is 1. The zero-order valence-electron chi connectivity index (χ0n) is 14.6. The number of benzene rings is 1. The Hall–Kier alpha value is -1.92. The van der Waals surface area contributed by atoms with Crippen LogP contribution in [0.2, 0.25) is 0 Å². The van der Waals surface area contributed by atoms with Crippen molar-refractivity contribution in [3.05, 3.63) is 35.9 Å². The van der Waals surface area contributed by atoms with Crippen molar-refractivity contribution in [2.75, 3.05) is 32.8 Å². The molecule has 136 valence electrons. The van der Waals surface area contributed by atoms with Crippen LogP contribution in [0.4, 0.5) is 0 Å². The first-order chi connectivity index (χ1) is 12.2. The molecule has 2 N–H and O–H groups in total. The number of unbranched alkanes of at least 4 members (excludes halogenated alkanes) is 1. The monoisotopic (exact) mass is 345 g/mol. The molecule has 0 spiro atoms. The van der Waals surface area contributed by atoms with Crippen molar-refractivity contribution >= 4 is 11.8 Å². The van der Waals surface area contributed by atoms with Crippen molar-refractivity contribution < 1.29 is 14.3 Å². The van der Waals surface area contributed by atoms with Gasteiger partial charge in [0.25, 0.3) is 0 Å². The van der Waals surface area contributed by atoms with Gasteiger partial charge in [0.15, 0.2) is 0 Å². The van der Waals surface area contributed by atoms with Crippen molar-refractivity contribution in [2.24, 2.45) is 0 Å². The van der Waals surface area contributed by atoms with Gasteiger partial charge in [-0.15, -0.1) is 0 Å². The zero-order valence-corrected chi connectivity index (χ0v) is 14.6.